The lowest BCUT2D eigenvalue weighted by Gasteiger charge is -1.79. The Morgan fingerprint density at radius 2 is 0.531 bits per heavy atom. The van der Waals surface area contributed by atoms with Crippen LogP contribution in [0.15, 0.2) is 12.2 Å². The molecule has 176 valence electrons. The number of hydrogen-bond donors (Lipinski definition) is 4. The highest BCUT2D eigenvalue weighted by atomic mass is 16.2. The van der Waals surface area contributed by atoms with E-state index in [2.05, 4.69) is 27.8 Å². The molecule has 0 saturated carbocycles. The average Bonchev–Trinajstić information content (AvgIpc) is 3.43. The van der Waals surface area contributed by atoms with E-state index in [0.29, 0.717) is 51.4 Å². The lowest BCUT2D eigenvalue weighted by Crippen LogP contribution is -2.18. The minimum absolute atomic E-state index is 0.148. The summed E-state index contributed by atoms with van der Waals surface area (Å²) < 4.78 is 0. The van der Waals surface area contributed by atoms with Gasteiger partial charge in [0.15, 0.2) is 0 Å². The molecule has 4 saturated heterocycles. The summed E-state index contributed by atoms with van der Waals surface area (Å²) in [7, 11) is 0. The summed E-state index contributed by atoms with van der Waals surface area (Å²) in [5.41, 5.74) is 1.17. The third-order valence-corrected chi connectivity index (χ3v) is 3.43. The van der Waals surface area contributed by atoms with Crippen LogP contribution in [0.5, 0.6) is 0 Å². The average molecular weight is 452 g/mol. The van der Waals surface area contributed by atoms with Crippen molar-refractivity contribution in [3.8, 4) is 0 Å². The van der Waals surface area contributed by atoms with Gasteiger partial charge in [-0.25, -0.2) is 0 Å². The van der Waals surface area contributed by atoms with E-state index in [1.54, 1.807) is 0 Å². The van der Waals surface area contributed by atoms with Gasteiger partial charge < -0.3 is 0 Å². The van der Waals surface area contributed by atoms with Crippen LogP contribution in [0, 0.1) is 0 Å². The van der Waals surface area contributed by atoms with Crippen molar-refractivity contribution < 1.29 is 38.4 Å². The molecule has 12 nitrogen and oxygen atoms in total. The van der Waals surface area contributed by atoms with Crippen LogP contribution < -0.4 is 21.3 Å². The van der Waals surface area contributed by atoms with Gasteiger partial charge in [0.2, 0.25) is 47.3 Å². The summed E-state index contributed by atoms with van der Waals surface area (Å²) >= 11 is 0. The maximum atomic E-state index is 10.1. The number of hydrogen-bond acceptors (Lipinski definition) is 8. The lowest BCUT2D eigenvalue weighted by molar-refractivity contribution is -0.126. The first-order chi connectivity index (χ1) is 14.9. The maximum absolute atomic E-state index is 10.1. The van der Waals surface area contributed by atoms with Crippen molar-refractivity contribution in [1.29, 1.82) is 0 Å². The summed E-state index contributed by atoms with van der Waals surface area (Å²) in [4.78, 5) is 81.0. The van der Waals surface area contributed by atoms with E-state index < -0.39 is 0 Å². The Morgan fingerprint density at radius 3 is 0.562 bits per heavy atom. The fourth-order valence-corrected chi connectivity index (χ4v) is 2.03. The zero-order valence-corrected chi connectivity index (χ0v) is 18.1. The van der Waals surface area contributed by atoms with Crippen molar-refractivity contribution in [3.05, 3.63) is 12.2 Å². The Morgan fingerprint density at radius 1 is 0.438 bits per heavy atom. The van der Waals surface area contributed by atoms with Gasteiger partial charge in [-0.2, -0.15) is 0 Å². The second-order valence-corrected chi connectivity index (χ2v) is 7.09. The van der Waals surface area contributed by atoms with Gasteiger partial charge in [-0.05, 0) is 13.8 Å². The Labute approximate surface area is 184 Å². The van der Waals surface area contributed by atoms with Gasteiger partial charge in [-0.3, -0.25) is 59.6 Å². The molecule has 0 unspecified atom stereocenters. The molecule has 32 heavy (non-hydrogen) atoms. The Hall–Kier alpha value is -3.70. The van der Waals surface area contributed by atoms with Gasteiger partial charge in [0, 0.05) is 51.4 Å². The van der Waals surface area contributed by atoms with E-state index in [4.69, 9.17) is 0 Å². The molecule has 4 N–H and O–H groups in total. The molecule has 0 aromatic rings. The highest BCUT2D eigenvalue weighted by Gasteiger charge is 2.17. The van der Waals surface area contributed by atoms with Gasteiger partial charge in [0.05, 0.1) is 0 Å². The van der Waals surface area contributed by atoms with E-state index in [-0.39, 0.29) is 47.3 Å². The topological polar surface area (TPSA) is 185 Å². The van der Waals surface area contributed by atoms with Crippen LogP contribution in [-0.4, -0.2) is 47.3 Å². The first-order valence-corrected chi connectivity index (χ1v) is 9.81. The molecule has 0 spiro atoms. The molecule has 12 heteroatoms. The van der Waals surface area contributed by atoms with Crippen LogP contribution in [0.3, 0.4) is 0 Å². The number of imide groups is 4. The molecule has 0 bridgehead atoms. The van der Waals surface area contributed by atoms with E-state index in [1.165, 1.54) is 5.57 Å². The normalized spacial score (nSPS) is 18.3. The molecule has 0 radical (unpaired) electrons. The van der Waals surface area contributed by atoms with Gasteiger partial charge in [-0.1, -0.05) is 5.57 Å². The van der Waals surface area contributed by atoms with E-state index in [1.807, 2.05) is 13.8 Å². The van der Waals surface area contributed by atoms with Crippen LogP contribution in [0.2, 0.25) is 0 Å². The Kier molecular flexibility index (Phi) is 13.4. The van der Waals surface area contributed by atoms with Gasteiger partial charge in [-0.15, -0.1) is 6.58 Å². The van der Waals surface area contributed by atoms with Crippen LogP contribution in [0.1, 0.15) is 65.2 Å². The fraction of sp³-hybridized carbons (Fsp3) is 0.500. The number of allylic oxidation sites excluding steroid dienone is 1. The van der Waals surface area contributed by atoms with Crippen LogP contribution in [0.25, 0.3) is 0 Å². The van der Waals surface area contributed by atoms with E-state index >= 15 is 0 Å². The second kappa shape index (κ2) is 15.2. The van der Waals surface area contributed by atoms with Crippen molar-refractivity contribution >= 4 is 47.3 Å². The third-order valence-electron chi connectivity index (χ3n) is 3.43. The Bertz CT molecular complexity index is 623. The summed E-state index contributed by atoms with van der Waals surface area (Å²) in [6.45, 7) is 7.50. The number of carbonyl (C=O) groups is 8. The van der Waals surface area contributed by atoms with Gasteiger partial charge in [0.25, 0.3) is 0 Å². The summed E-state index contributed by atoms with van der Waals surface area (Å²) in [5, 5.41) is 8.56. The van der Waals surface area contributed by atoms with E-state index in [9.17, 15) is 38.4 Å². The standard InChI is InChI=1S/4C4H5NO2.C4H8/c4*6-3-1-2-4(7)5-3;1-4(2)3/h4*1-2H2,(H,5,6,7);1H2,2-3H3. The molecule has 4 aliphatic heterocycles. The van der Waals surface area contributed by atoms with Crippen LogP contribution in [0.4, 0.5) is 0 Å². The first-order valence-electron chi connectivity index (χ1n) is 9.81. The third kappa shape index (κ3) is 16.1. The second-order valence-electron chi connectivity index (χ2n) is 7.09. The molecule has 4 rings (SSSR count). The number of amides is 8. The minimum atomic E-state index is -0.148. The molecular weight excluding hydrogens is 424 g/mol. The number of rotatable bonds is 0. The fourth-order valence-electron chi connectivity index (χ4n) is 2.03. The van der Waals surface area contributed by atoms with E-state index in [0.717, 1.165) is 0 Å². The number of nitrogens with one attached hydrogen (secondary N) is 4. The van der Waals surface area contributed by atoms with Crippen molar-refractivity contribution in [2.75, 3.05) is 0 Å². The summed E-state index contributed by atoms with van der Waals surface area (Å²) in [6, 6.07) is 0. The van der Waals surface area contributed by atoms with Gasteiger partial charge in [0.1, 0.15) is 0 Å². The zero-order valence-electron chi connectivity index (χ0n) is 18.1. The predicted molar refractivity (Wildman–Crippen MR) is 110 cm³/mol. The van der Waals surface area contributed by atoms with Crippen molar-refractivity contribution in [3.63, 3.8) is 0 Å². The van der Waals surface area contributed by atoms with Crippen LogP contribution in [-0.2, 0) is 38.4 Å². The predicted octanol–water partition coefficient (Wildman–Crippen LogP) is -0.726. The largest absolute Gasteiger partial charge is 0.296 e. The molecule has 4 fully saturated rings. The molecule has 0 atom stereocenters. The molecule has 0 aromatic carbocycles. The quantitative estimate of drug-likeness (QED) is 0.274. The minimum Gasteiger partial charge on any atom is -0.296 e. The zero-order chi connectivity index (χ0) is 24.7. The maximum Gasteiger partial charge on any atom is 0.227 e. The summed E-state index contributed by atoms with van der Waals surface area (Å²) in [5.74, 6) is -1.19. The highest BCUT2D eigenvalue weighted by Crippen LogP contribution is 1.97. The Balaban J connectivity index is 0.000000380. The molecule has 4 heterocycles. The van der Waals surface area contributed by atoms with Crippen molar-refractivity contribution in [2.24, 2.45) is 0 Å². The molecule has 8 amide bonds. The molecule has 0 aromatic heterocycles. The monoisotopic (exact) mass is 452 g/mol. The SMILES string of the molecule is C=C(C)C.O=C1CCC(=O)N1.O=C1CCC(=O)N1.O=C1CCC(=O)N1.O=C1CCC(=O)N1. The molecule has 4 aliphatic rings. The van der Waals surface area contributed by atoms with Crippen molar-refractivity contribution in [2.45, 2.75) is 65.2 Å². The number of carbonyl (C=O) groups excluding carboxylic acids is 8. The summed E-state index contributed by atoms with van der Waals surface area (Å²) in [6.07, 6.45) is 2.99. The smallest absolute Gasteiger partial charge is 0.227 e. The molecule has 0 aliphatic carbocycles. The van der Waals surface area contributed by atoms with Crippen LogP contribution >= 0.6 is 0 Å². The highest BCUT2D eigenvalue weighted by molar-refractivity contribution is 6.03. The van der Waals surface area contributed by atoms with Crippen molar-refractivity contribution in [1.82, 2.24) is 21.3 Å². The molecular formula is C20H28N4O8. The van der Waals surface area contributed by atoms with Gasteiger partial charge >= 0.3 is 0 Å². The lowest BCUT2D eigenvalue weighted by atomic mass is 10.4. The first kappa shape index (κ1) is 28.3.